The van der Waals surface area contributed by atoms with Crippen LogP contribution in [0.1, 0.15) is 25.3 Å². The van der Waals surface area contributed by atoms with Gasteiger partial charge in [-0.15, -0.1) is 13.2 Å². The number of para-hydroxylation sites is 1. The molecule has 0 saturated carbocycles. The quantitative estimate of drug-likeness (QED) is 0.153. The van der Waals surface area contributed by atoms with Crippen LogP contribution in [-0.2, 0) is 9.59 Å². The monoisotopic (exact) mass is 627 g/mol. The van der Waals surface area contributed by atoms with Gasteiger partial charge in [0.1, 0.15) is 28.7 Å². The molecule has 1 saturated heterocycles. The fourth-order valence-electron chi connectivity index (χ4n) is 5.27. The number of halogens is 3. The number of nitrogens with one attached hydrogen (secondary N) is 1. The first-order valence-corrected chi connectivity index (χ1v) is 14.8. The minimum atomic E-state index is -4.78. The predicted octanol–water partition coefficient (Wildman–Crippen LogP) is 7.65. The van der Waals surface area contributed by atoms with Crippen molar-refractivity contribution in [2.75, 3.05) is 16.0 Å². The lowest BCUT2D eigenvalue weighted by Gasteiger charge is -2.23. The van der Waals surface area contributed by atoms with E-state index in [2.05, 4.69) is 15.0 Å². The molecule has 0 spiro atoms. The molecule has 2 heterocycles. The summed E-state index contributed by atoms with van der Waals surface area (Å²) in [5.41, 5.74) is 3.84. The summed E-state index contributed by atoms with van der Waals surface area (Å²) in [5.74, 6) is -0.927. The normalized spacial score (nSPS) is 14.7. The van der Waals surface area contributed by atoms with Crippen LogP contribution in [0.2, 0.25) is 0 Å². The summed E-state index contributed by atoms with van der Waals surface area (Å²) in [5, 5.41) is 14.7. The number of carbonyl (C=O) groups excluding carboxylic acids is 2. The lowest BCUT2D eigenvalue weighted by Crippen LogP contribution is -2.28. The van der Waals surface area contributed by atoms with Gasteiger partial charge in [0, 0.05) is 16.8 Å². The first-order chi connectivity index (χ1) is 21.5. The second-order valence-electron chi connectivity index (χ2n) is 10.5. The number of fused-ring (bicyclic) bond motifs is 3. The molecule has 6 rings (SSSR count). The van der Waals surface area contributed by atoms with Gasteiger partial charge in [-0.25, -0.2) is 4.98 Å². The van der Waals surface area contributed by atoms with Crippen molar-refractivity contribution in [3.63, 3.8) is 0 Å². The first kappa shape index (κ1) is 29.8. The number of nitriles is 1. The highest BCUT2D eigenvalue weighted by Crippen LogP contribution is 2.40. The lowest BCUT2D eigenvalue weighted by atomic mass is 10.0. The summed E-state index contributed by atoms with van der Waals surface area (Å²) in [7, 11) is 0. The minimum absolute atomic E-state index is 0.115. The summed E-state index contributed by atoms with van der Waals surface area (Å²) in [6.45, 7) is 4.03. The molecule has 226 valence electrons. The number of amides is 2. The van der Waals surface area contributed by atoms with E-state index in [1.165, 1.54) is 29.2 Å². The average molecular weight is 628 g/mol. The zero-order valence-corrected chi connectivity index (χ0v) is 24.7. The number of hydrogen-bond donors (Lipinski definition) is 1. The van der Waals surface area contributed by atoms with E-state index in [1.807, 2.05) is 56.3 Å². The Morgan fingerprint density at radius 1 is 1.07 bits per heavy atom. The van der Waals surface area contributed by atoms with E-state index in [-0.39, 0.29) is 28.9 Å². The third-order valence-corrected chi connectivity index (χ3v) is 8.33. The Morgan fingerprint density at radius 3 is 2.53 bits per heavy atom. The van der Waals surface area contributed by atoms with Gasteiger partial charge in [0.25, 0.3) is 5.91 Å². The van der Waals surface area contributed by atoms with Gasteiger partial charge < -0.3 is 10.1 Å². The Balaban J connectivity index is 1.28. The number of alkyl halides is 3. The molecule has 8 nitrogen and oxygen atoms in total. The Hall–Kier alpha value is -5.28. The van der Waals surface area contributed by atoms with Crippen molar-refractivity contribution < 1.29 is 27.5 Å². The molecule has 0 radical (unpaired) electrons. The highest BCUT2D eigenvalue weighted by molar-refractivity contribution is 8.04. The highest BCUT2D eigenvalue weighted by Gasteiger charge is 2.34. The predicted molar refractivity (Wildman–Crippen MR) is 167 cm³/mol. The topological polar surface area (TPSA) is 100 Å². The fourth-order valence-corrected chi connectivity index (χ4v) is 6.27. The first-order valence-electron chi connectivity index (χ1n) is 13.8. The van der Waals surface area contributed by atoms with Crippen LogP contribution >= 0.6 is 11.8 Å². The molecule has 0 bridgehead atoms. The molecule has 4 aromatic carbocycles. The van der Waals surface area contributed by atoms with E-state index in [1.54, 1.807) is 29.1 Å². The van der Waals surface area contributed by atoms with Gasteiger partial charge in [-0.2, -0.15) is 5.26 Å². The SMILES string of the molecule is CC(C)c1ccccc1N1C(=O)CSC1=C(C#N)C(=O)Nc1ccc2c(ccc3c2ncn3-c2ccc(OC(F)(F)F)cc2)c1. The van der Waals surface area contributed by atoms with Crippen LogP contribution in [-0.4, -0.2) is 33.5 Å². The minimum Gasteiger partial charge on any atom is -0.406 e. The van der Waals surface area contributed by atoms with Gasteiger partial charge in [-0.1, -0.05) is 55.9 Å². The Morgan fingerprint density at radius 2 is 1.82 bits per heavy atom. The van der Waals surface area contributed by atoms with E-state index < -0.39 is 12.3 Å². The fraction of sp³-hybridized carbons (Fsp3) is 0.152. The molecule has 1 aromatic heterocycles. The van der Waals surface area contributed by atoms with Gasteiger partial charge in [0.2, 0.25) is 5.91 Å². The molecule has 1 aliphatic rings. The van der Waals surface area contributed by atoms with Crippen LogP contribution in [0.25, 0.3) is 27.5 Å². The summed E-state index contributed by atoms with van der Waals surface area (Å²) in [4.78, 5) is 32.3. The van der Waals surface area contributed by atoms with Crippen molar-refractivity contribution in [1.29, 1.82) is 5.26 Å². The van der Waals surface area contributed by atoms with Crippen LogP contribution in [0, 0.1) is 11.3 Å². The van der Waals surface area contributed by atoms with Crippen molar-refractivity contribution in [2.45, 2.75) is 26.1 Å². The van der Waals surface area contributed by atoms with E-state index in [9.17, 15) is 28.0 Å². The molecule has 1 fully saturated rings. The zero-order chi connectivity index (χ0) is 31.9. The molecule has 0 unspecified atom stereocenters. The number of hydrogen-bond acceptors (Lipinski definition) is 6. The van der Waals surface area contributed by atoms with Gasteiger partial charge >= 0.3 is 6.36 Å². The third-order valence-electron chi connectivity index (χ3n) is 7.28. The summed E-state index contributed by atoms with van der Waals surface area (Å²) in [6.07, 6.45) is -3.20. The number of carbonyl (C=O) groups is 2. The molecule has 45 heavy (non-hydrogen) atoms. The highest BCUT2D eigenvalue weighted by atomic mass is 32.2. The van der Waals surface area contributed by atoms with Crippen molar-refractivity contribution >= 4 is 56.8 Å². The lowest BCUT2D eigenvalue weighted by molar-refractivity contribution is -0.274. The molecular formula is C33H24F3N5O3S. The Kier molecular flexibility index (Phi) is 7.72. The Bertz CT molecular complexity index is 2050. The molecule has 1 N–H and O–H groups in total. The maximum atomic E-state index is 13.4. The zero-order valence-electron chi connectivity index (χ0n) is 23.9. The van der Waals surface area contributed by atoms with Gasteiger partial charge in [-0.05, 0) is 65.4 Å². The number of rotatable bonds is 6. The second kappa shape index (κ2) is 11.7. The smallest absolute Gasteiger partial charge is 0.406 e. The Labute approximate surface area is 259 Å². The molecule has 12 heteroatoms. The van der Waals surface area contributed by atoms with Crippen LogP contribution in [0.4, 0.5) is 24.5 Å². The van der Waals surface area contributed by atoms with Gasteiger partial charge in [0.15, 0.2) is 0 Å². The molecule has 0 aliphatic carbocycles. The number of nitrogens with zero attached hydrogens (tertiary/aromatic N) is 4. The largest absolute Gasteiger partial charge is 0.573 e. The molecular weight excluding hydrogens is 603 g/mol. The van der Waals surface area contributed by atoms with E-state index in [4.69, 9.17) is 0 Å². The molecule has 5 aromatic rings. The number of thioether (sulfide) groups is 1. The van der Waals surface area contributed by atoms with Crippen LogP contribution in [0.15, 0.2) is 95.8 Å². The van der Waals surface area contributed by atoms with Crippen molar-refractivity contribution in [3.05, 3.63) is 101 Å². The van der Waals surface area contributed by atoms with Gasteiger partial charge in [0.05, 0.1) is 22.5 Å². The average Bonchev–Trinajstić information content (AvgIpc) is 3.61. The number of aromatic nitrogens is 2. The summed E-state index contributed by atoms with van der Waals surface area (Å²) >= 11 is 1.16. The van der Waals surface area contributed by atoms with Crippen molar-refractivity contribution in [1.82, 2.24) is 9.55 Å². The standard InChI is InChI=1S/C33H24F3N5O3S/c1-19(2)24-5-3-4-6-27(24)41-29(42)17-45-32(41)26(16-37)31(43)39-21-8-13-25-20(15-21)7-14-28-30(25)38-18-40(28)22-9-11-23(12-10-22)44-33(34,35)36/h3-15,18-19H,17H2,1-2H3,(H,39,43). The second-order valence-corrected chi connectivity index (χ2v) is 11.5. The van der Waals surface area contributed by atoms with Crippen LogP contribution < -0.4 is 15.0 Å². The molecule has 0 atom stereocenters. The van der Waals surface area contributed by atoms with E-state index in [0.29, 0.717) is 27.6 Å². The third kappa shape index (κ3) is 5.82. The number of benzene rings is 4. The summed E-state index contributed by atoms with van der Waals surface area (Å²) in [6, 6.07) is 23.8. The number of anilines is 2. The maximum Gasteiger partial charge on any atom is 0.573 e. The van der Waals surface area contributed by atoms with Crippen LogP contribution in [0.3, 0.4) is 0 Å². The van der Waals surface area contributed by atoms with E-state index >= 15 is 0 Å². The number of ether oxygens (including phenoxy) is 1. The molecule has 1 aliphatic heterocycles. The van der Waals surface area contributed by atoms with Crippen LogP contribution in [0.5, 0.6) is 5.75 Å². The summed E-state index contributed by atoms with van der Waals surface area (Å²) < 4.78 is 43.3. The van der Waals surface area contributed by atoms with Crippen molar-refractivity contribution in [2.24, 2.45) is 0 Å². The maximum absolute atomic E-state index is 13.4. The number of imidazole rings is 1. The van der Waals surface area contributed by atoms with Gasteiger partial charge in [-0.3, -0.25) is 19.1 Å². The van der Waals surface area contributed by atoms with Crippen molar-refractivity contribution in [3.8, 4) is 17.5 Å². The van der Waals surface area contributed by atoms with E-state index in [0.717, 1.165) is 33.6 Å². The molecule has 2 amide bonds.